The van der Waals surface area contributed by atoms with Crippen molar-refractivity contribution in [2.45, 2.75) is 33.6 Å². The molecule has 0 bridgehead atoms. The van der Waals surface area contributed by atoms with Crippen molar-refractivity contribution in [1.29, 1.82) is 0 Å². The largest absolute Gasteiger partial charge is 0.512 e. The van der Waals surface area contributed by atoms with Crippen molar-refractivity contribution in [2.75, 3.05) is 0 Å². The van der Waals surface area contributed by atoms with Gasteiger partial charge in [0.15, 0.2) is 0 Å². The fraction of sp³-hybridized carbons (Fsp3) is 0.429. The summed E-state index contributed by atoms with van der Waals surface area (Å²) in [6.45, 7) is 6.18. The van der Waals surface area contributed by atoms with Crippen molar-refractivity contribution in [2.24, 2.45) is 5.92 Å². The molecule has 0 amide bonds. The van der Waals surface area contributed by atoms with Crippen molar-refractivity contribution in [1.82, 2.24) is 0 Å². The monoisotopic (exact) mass is 204 g/mol. The molecule has 1 aromatic rings. The van der Waals surface area contributed by atoms with E-state index in [9.17, 15) is 5.11 Å². The van der Waals surface area contributed by atoms with Crippen LogP contribution in [0.1, 0.15) is 33.6 Å². The summed E-state index contributed by atoms with van der Waals surface area (Å²) < 4.78 is 0. The van der Waals surface area contributed by atoms with E-state index in [4.69, 9.17) is 0 Å². The van der Waals surface area contributed by atoms with Gasteiger partial charge in [0.05, 0.1) is 5.76 Å². The molecular formula is C14H20O. The first kappa shape index (κ1) is 11.8. The zero-order chi connectivity index (χ0) is 11.3. The van der Waals surface area contributed by atoms with Crippen molar-refractivity contribution in [3.63, 3.8) is 0 Å². The van der Waals surface area contributed by atoms with Gasteiger partial charge in [-0.15, -0.1) is 0 Å². The van der Waals surface area contributed by atoms with Gasteiger partial charge in [-0.1, -0.05) is 44.2 Å². The van der Waals surface area contributed by atoms with E-state index in [0.29, 0.717) is 5.76 Å². The van der Waals surface area contributed by atoms with Crippen LogP contribution >= 0.6 is 0 Å². The second kappa shape index (κ2) is 5.59. The molecule has 1 N–H and O–H groups in total. The number of hydrogen-bond donors (Lipinski definition) is 1. The summed E-state index contributed by atoms with van der Waals surface area (Å²) in [5, 5.41) is 11.6. The quantitative estimate of drug-likeness (QED) is 0.802. The van der Waals surface area contributed by atoms with E-state index >= 15 is 0 Å². The first-order valence-corrected chi connectivity index (χ1v) is 5.56. The Morgan fingerprint density at radius 2 is 2.00 bits per heavy atom. The Morgan fingerprint density at radius 1 is 1.33 bits per heavy atom. The lowest BCUT2D eigenvalue weighted by Crippen LogP contribution is -2.25. The first-order valence-electron chi connectivity index (χ1n) is 5.56. The first-order chi connectivity index (χ1) is 7.11. The van der Waals surface area contributed by atoms with Crippen molar-refractivity contribution in [3.8, 4) is 0 Å². The van der Waals surface area contributed by atoms with Crippen LogP contribution in [0.3, 0.4) is 0 Å². The lowest BCUT2D eigenvalue weighted by molar-refractivity contribution is 0.498. The molecule has 0 saturated heterocycles. The fourth-order valence-corrected chi connectivity index (χ4v) is 1.58. The molecule has 1 nitrogen and oxygen atoms in total. The molecule has 15 heavy (non-hydrogen) atoms. The maximum atomic E-state index is 9.51. The summed E-state index contributed by atoms with van der Waals surface area (Å²) in [5.74, 6) is 1.12. The molecule has 0 aliphatic rings. The Balaban J connectivity index is 2.99. The average molecular weight is 204 g/mol. The van der Waals surface area contributed by atoms with Crippen molar-refractivity contribution in [3.05, 3.63) is 34.7 Å². The number of rotatable bonds is 3. The third-order valence-electron chi connectivity index (χ3n) is 2.46. The van der Waals surface area contributed by atoms with Gasteiger partial charge in [-0.2, -0.15) is 0 Å². The molecule has 0 saturated carbocycles. The van der Waals surface area contributed by atoms with Gasteiger partial charge in [-0.3, -0.25) is 0 Å². The highest BCUT2D eigenvalue weighted by Gasteiger charge is 1.92. The van der Waals surface area contributed by atoms with E-state index in [1.54, 1.807) is 6.92 Å². The standard InChI is InChI=1S/C14H20O/c1-11(2)7-6-9-13-8-4-5-10-14(13)12(3)15/h4-5,8-11,15H,6-7H2,1-3H3/b13-9-,14-12+. The Bertz CT molecular complexity index is 411. The fourth-order valence-electron chi connectivity index (χ4n) is 1.58. The molecule has 0 atom stereocenters. The van der Waals surface area contributed by atoms with Crippen LogP contribution in [-0.4, -0.2) is 5.11 Å². The molecule has 1 rings (SSSR count). The minimum Gasteiger partial charge on any atom is -0.512 e. The van der Waals surface area contributed by atoms with Crippen LogP contribution in [-0.2, 0) is 0 Å². The minimum absolute atomic E-state index is 0.395. The number of aliphatic hydroxyl groups excluding tert-OH is 1. The Hall–Kier alpha value is -1.24. The van der Waals surface area contributed by atoms with Crippen LogP contribution in [0.2, 0.25) is 0 Å². The van der Waals surface area contributed by atoms with Gasteiger partial charge in [0.1, 0.15) is 0 Å². The van der Waals surface area contributed by atoms with Crippen molar-refractivity contribution >= 4 is 11.8 Å². The predicted octanol–water partition coefficient (Wildman–Crippen LogP) is 2.59. The predicted molar refractivity (Wildman–Crippen MR) is 65.9 cm³/mol. The SMILES string of the molecule is C/C(O)=c1/cccc/c1=C/CCC(C)C. The summed E-state index contributed by atoms with van der Waals surface area (Å²) in [6.07, 6.45) is 4.47. The summed E-state index contributed by atoms with van der Waals surface area (Å²) in [5.41, 5.74) is 0. The van der Waals surface area contributed by atoms with E-state index in [1.807, 2.05) is 18.2 Å². The average Bonchev–Trinajstić information content (AvgIpc) is 2.17. The Morgan fingerprint density at radius 3 is 2.60 bits per heavy atom. The lowest BCUT2D eigenvalue weighted by Gasteiger charge is -1.99. The van der Waals surface area contributed by atoms with Gasteiger partial charge >= 0.3 is 0 Å². The maximum Gasteiger partial charge on any atom is 0.0969 e. The molecule has 0 radical (unpaired) electrons. The topological polar surface area (TPSA) is 20.2 Å². The maximum absolute atomic E-state index is 9.51. The van der Waals surface area contributed by atoms with Crippen LogP contribution in [0, 0.1) is 5.92 Å². The van der Waals surface area contributed by atoms with Gasteiger partial charge in [0.2, 0.25) is 0 Å². The van der Waals surface area contributed by atoms with Crippen molar-refractivity contribution < 1.29 is 5.11 Å². The van der Waals surface area contributed by atoms with Crippen LogP contribution in [0.25, 0.3) is 11.8 Å². The molecular weight excluding hydrogens is 184 g/mol. The van der Waals surface area contributed by atoms with E-state index in [1.165, 1.54) is 6.42 Å². The molecule has 82 valence electrons. The lowest BCUT2D eigenvalue weighted by atomic mass is 10.1. The number of benzene rings is 1. The van der Waals surface area contributed by atoms with Gasteiger partial charge in [0, 0.05) is 5.22 Å². The summed E-state index contributed by atoms with van der Waals surface area (Å²) in [7, 11) is 0. The van der Waals surface area contributed by atoms with Crippen LogP contribution in [0.4, 0.5) is 0 Å². The molecule has 0 spiro atoms. The summed E-state index contributed by atoms with van der Waals surface area (Å²) >= 11 is 0. The molecule has 0 aliphatic heterocycles. The van der Waals surface area contributed by atoms with Crippen LogP contribution in [0.15, 0.2) is 24.3 Å². The van der Waals surface area contributed by atoms with Gasteiger partial charge in [0.25, 0.3) is 0 Å². The molecule has 0 aromatic heterocycles. The molecule has 0 heterocycles. The number of aliphatic hydroxyl groups is 1. The zero-order valence-corrected chi connectivity index (χ0v) is 9.83. The molecule has 0 unspecified atom stereocenters. The van der Waals surface area contributed by atoms with Gasteiger partial charge < -0.3 is 5.11 Å². The molecule has 0 aliphatic carbocycles. The van der Waals surface area contributed by atoms with E-state index in [0.717, 1.165) is 22.8 Å². The van der Waals surface area contributed by atoms with E-state index in [2.05, 4.69) is 26.0 Å². The number of hydrogen-bond acceptors (Lipinski definition) is 1. The summed E-state index contributed by atoms with van der Waals surface area (Å²) in [4.78, 5) is 0. The highest BCUT2D eigenvalue weighted by Crippen LogP contribution is 2.03. The third kappa shape index (κ3) is 3.78. The third-order valence-corrected chi connectivity index (χ3v) is 2.46. The van der Waals surface area contributed by atoms with Gasteiger partial charge in [-0.05, 0) is 30.9 Å². The Labute approximate surface area is 91.8 Å². The summed E-state index contributed by atoms with van der Waals surface area (Å²) in [6, 6.07) is 7.97. The smallest absolute Gasteiger partial charge is 0.0969 e. The van der Waals surface area contributed by atoms with E-state index in [-0.39, 0.29) is 0 Å². The highest BCUT2D eigenvalue weighted by atomic mass is 16.3. The molecule has 1 heteroatoms. The molecule has 0 fully saturated rings. The minimum atomic E-state index is 0.395. The van der Waals surface area contributed by atoms with E-state index < -0.39 is 0 Å². The van der Waals surface area contributed by atoms with Crippen LogP contribution < -0.4 is 10.4 Å². The second-order valence-electron chi connectivity index (χ2n) is 4.35. The highest BCUT2D eigenvalue weighted by molar-refractivity contribution is 5.36. The Kier molecular flexibility index (Phi) is 4.41. The normalized spacial score (nSPS) is 14.5. The second-order valence-corrected chi connectivity index (χ2v) is 4.35. The zero-order valence-electron chi connectivity index (χ0n) is 9.83. The van der Waals surface area contributed by atoms with Crippen LogP contribution in [0.5, 0.6) is 0 Å². The van der Waals surface area contributed by atoms with Gasteiger partial charge in [-0.25, -0.2) is 0 Å². The molecule has 1 aromatic carbocycles.